The van der Waals surface area contributed by atoms with E-state index in [1.54, 1.807) is 39.0 Å². The second-order valence-corrected chi connectivity index (χ2v) is 7.24. The molecule has 1 aromatic heterocycles. The first kappa shape index (κ1) is 23.2. The van der Waals surface area contributed by atoms with E-state index in [-0.39, 0.29) is 29.8 Å². The van der Waals surface area contributed by atoms with Crippen molar-refractivity contribution in [3.05, 3.63) is 29.5 Å². The van der Waals surface area contributed by atoms with Crippen LogP contribution in [0.4, 0.5) is 5.69 Å². The monoisotopic (exact) mass is 389 g/mol. The first-order valence-electron chi connectivity index (χ1n) is 9.40. The number of nitrogen functional groups attached to an aromatic ring is 1. The minimum Gasteiger partial charge on any atom is -0.492 e. The van der Waals surface area contributed by atoms with E-state index in [1.165, 1.54) is 0 Å². The molecule has 0 aliphatic rings. The minimum atomic E-state index is -1.14. The topological polar surface area (TPSA) is 115 Å². The number of carbonyl (C=O) groups is 2. The first-order chi connectivity index (χ1) is 13.0. The Bertz CT molecular complexity index is 860. The van der Waals surface area contributed by atoms with Gasteiger partial charge in [0.25, 0.3) is 0 Å². The Kier molecular flexibility index (Phi) is 7.78. The van der Waals surface area contributed by atoms with Gasteiger partial charge in [0, 0.05) is 6.04 Å². The molecule has 0 saturated carbocycles. The molecule has 1 aromatic carbocycles. The number of amides is 1. The third-order valence-electron chi connectivity index (χ3n) is 4.03. The van der Waals surface area contributed by atoms with Crippen LogP contribution in [0, 0.1) is 12.3 Å². The van der Waals surface area contributed by atoms with Gasteiger partial charge in [0.2, 0.25) is 5.91 Å². The highest BCUT2D eigenvalue weighted by Gasteiger charge is 2.29. The average Bonchev–Trinajstić information content (AvgIpc) is 2.60. The molecule has 2 aromatic rings. The van der Waals surface area contributed by atoms with Gasteiger partial charge in [0.1, 0.15) is 17.9 Å². The summed E-state index contributed by atoms with van der Waals surface area (Å²) in [6, 6.07) is 5.22. The highest BCUT2D eigenvalue weighted by Crippen LogP contribution is 2.34. The zero-order valence-electron chi connectivity index (χ0n) is 17.7. The number of hydrogen-bond donors (Lipinski definition) is 3. The summed E-state index contributed by atoms with van der Waals surface area (Å²) in [5, 5.41) is 12.7. The summed E-state index contributed by atoms with van der Waals surface area (Å²) in [5.74, 6) is -0.859. The van der Waals surface area contributed by atoms with Crippen LogP contribution in [0.25, 0.3) is 10.9 Å². The maximum atomic E-state index is 12.3. The Morgan fingerprint density at radius 1 is 1.29 bits per heavy atom. The maximum absolute atomic E-state index is 12.3. The summed E-state index contributed by atoms with van der Waals surface area (Å²) in [7, 11) is 0. The van der Waals surface area contributed by atoms with E-state index in [2.05, 4.69) is 10.3 Å². The molecule has 28 heavy (non-hydrogen) atoms. The maximum Gasteiger partial charge on any atom is 0.339 e. The number of aryl methyl sites for hydroxylation is 1. The van der Waals surface area contributed by atoms with E-state index < -0.39 is 11.4 Å². The number of rotatable bonds is 6. The van der Waals surface area contributed by atoms with Gasteiger partial charge in [-0.25, -0.2) is 4.79 Å². The van der Waals surface area contributed by atoms with E-state index in [4.69, 9.17) is 10.5 Å². The summed E-state index contributed by atoms with van der Waals surface area (Å²) in [6.45, 7) is 13.1. The molecular weight excluding hydrogens is 358 g/mol. The number of ether oxygens (including phenoxy) is 1. The SMILES string of the molecule is CC.Cc1nc2cccc(OCC(C)(C)C(=O)NC(C)C)c2c(N)c1C(=O)O. The number of benzene rings is 1. The van der Waals surface area contributed by atoms with Gasteiger partial charge in [-0.15, -0.1) is 0 Å². The first-order valence-corrected chi connectivity index (χ1v) is 9.40. The molecule has 1 amide bonds. The highest BCUT2D eigenvalue weighted by atomic mass is 16.5. The number of carbonyl (C=O) groups excluding carboxylic acids is 1. The van der Waals surface area contributed by atoms with Crippen molar-refractivity contribution in [3.63, 3.8) is 0 Å². The summed E-state index contributed by atoms with van der Waals surface area (Å²) < 4.78 is 5.87. The van der Waals surface area contributed by atoms with Gasteiger partial charge in [-0.1, -0.05) is 19.9 Å². The Hall–Kier alpha value is -2.83. The number of carboxylic acid groups (broad SMARTS) is 1. The number of aromatic nitrogens is 1. The Morgan fingerprint density at radius 2 is 1.89 bits per heavy atom. The molecule has 154 valence electrons. The Labute approximate surface area is 166 Å². The summed E-state index contributed by atoms with van der Waals surface area (Å²) in [6.07, 6.45) is 0. The van der Waals surface area contributed by atoms with E-state index in [9.17, 15) is 14.7 Å². The molecule has 0 radical (unpaired) electrons. The van der Waals surface area contributed by atoms with Gasteiger partial charge >= 0.3 is 5.97 Å². The fraction of sp³-hybridized carbons (Fsp3) is 0.476. The van der Waals surface area contributed by atoms with Crippen molar-refractivity contribution in [2.24, 2.45) is 5.41 Å². The minimum absolute atomic E-state index is 0.0280. The number of pyridine rings is 1. The zero-order chi connectivity index (χ0) is 21.6. The van der Waals surface area contributed by atoms with Crippen molar-refractivity contribution in [1.82, 2.24) is 10.3 Å². The van der Waals surface area contributed by atoms with Crippen molar-refractivity contribution in [1.29, 1.82) is 0 Å². The van der Waals surface area contributed by atoms with Gasteiger partial charge in [0.05, 0.1) is 27.7 Å². The van der Waals surface area contributed by atoms with Crippen LogP contribution in [0.2, 0.25) is 0 Å². The average molecular weight is 389 g/mol. The fourth-order valence-corrected chi connectivity index (χ4v) is 2.61. The standard InChI is InChI=1S/C19H25N3O4.C2H6/c1-10(2)21-18(25)19(4,5)9-26-13-8-6-7-12-15(13)16(20)14(17(23)24)11(3)22-12;1-2/h6-8,10H,9H2,1-5H3,(H2,20,22)(H,21,25)(H,23,24);1-2H3. The van der Waals surface area contributed by atoms with E-state index in [0.29, 0.717) is 22.3 Å². The fourth-order valence-electron chi connectivity index (χ4n) is 2.61. The molecule has 0 aliphatic heterocycles. The normalized spacial score (nSPS) is 11.0. The van der Waals surface area contributed by atoms with Crippen molar-refractivity contribution < 1.29 is 19.4 Å². The van der Waals surface area contributed by atoms with Crippen LogP contribution in [-0.4, -0.2) is 34.6 Å². The molecule has 0 aliphatic carbocycles. The predicted molar refractivity (Wildman–Crippen MR) is 112 cm³/mol. The number of nitrogens with one attached hydrogen (secondary N) is 1. The number of fused-ring (bicyclic) bond motifs is 1. The molecular formula is C21H31N3O4. The Morgan fingerprint density at radius 3 is 2.43 bits per heavy atom. The number of anilines is 1. The zero-order valence-corrected chi connectivity index (χ0v) is 17.7. The van der Waals surface area contributed by atoms with Crippen molar-refractivity contribution in [3.8, 4) is 5.75 Å². The van der Waals surface area contributed by atoms with Crippen LogP contribution in [-0.2, 0) is 4.79 Å². The summed E-state index contributed by atoms with van der Waals surface area (Å²) >= 11 is 0. The van der Waals surface area contributed by atoms with Gasteiger partial charge in [-0.2, -0.15) is 0 Å². The smallest absolute Gasteiger partial charge is 0.339 e. The lowest BCUT2D eigenvalue weighted by Crippen LogP contribution is -2.43. The lowest BCUT2D eigenvalue weighted by Gasteiger charge is -2.25. The molecule has 0 atom stereocenters. The van der Waals surface area contributed by atoms with Crippen molar-refractivity contribution >= 4 is 28.5 Å². The van der Waals surface area contributed by atoms with Gasteiger partial charge in [-0.05, 0) is 46.8 Å². The van der Waals surface area contributed by atoms with Crippen molar-refractivity contribution in [2.75, 3.05) is 12.3 Å². The number of aromatic carboxylic acids is 1. The van der Waals surface area contributed by atoms with Gasteiger partial charge in [0.15, 0.2) is 0 Å². The van der Waals surface area contributed by atoms with Crippen LogP contribution >= 0.6 is 0 Å². The van der Waals surface area contributed by atoms with Gasteiger partial charge < -0.3 is 20.9 Å². The molecule has 0 saturated heterocycles. The van der Waals surface area contributed by atoms with E-state index in [0.717, 1.165) is 0 Å². The lowest BCUT2D eigenvalue weighted by atomic mass is 9.93. The van der Waals surface area contributed by atoms with Crippen LogP contribution in [0.15, 0.2) is 18.2 Å². The Balaban J connectivity index is 0.00000190. The number of nitrogens with zero attached hydrogens (tertiary/aromatic N) is 1. The molecule has 7 heteroatoms. The third kappa shape index (κ3) is 5.12. The summed E-state index contributed by atoms with van der Waals surface area (Å²) in [4.78, 5) is 28.1. The van der Waals surface area contributed by atoms with Crippen molar-refractivity contribution in [2.45, 2.75) is 54.5 Å². The van der Waals surface area contributed by atoms with E-state index in [1.807, 2.05) is 27.7 Å². The molecule has 0 fully saturated rings. The largest absolute Gasteiger partial charge is 0.492 e. The second kappa shape index (κ2) is 9.39. The summed E-state index contributed by atoms with van der Waals surface area (Å²) in [5.41, 5.74) is 6.30. The number of hydrogen-bond acceptors (Lipinski definition) is 5. The molecule has 2 rings (SSSR count). The highest BCUT2D eigenvalue weighted by molar-refractivity contribution is 6.06. The molecule has 4 N–H and O–H groups in total. The van der Waals surface area contributed by atoms with Crippen LogP contribution in [0.1, 0.15) is 57.6 Å². The van der Waals surface area contributed by atoms with Crippen LogP contribution < -0.4 is 15.8 Å². The molecule has 0 spiro atoms. The van der Waals surface area contributed by atoms with Crippen LogP contribution in [0.3, 0.4) is 0 Å². The molecule has 0 bridgehead atoms. The lowest BCUT2D eigenvalue weighted by molar-refractivity contribution is -0.131. The number of carboxylic acids is 1. The second-order valence-electron chi connectivity index (χ2n) is 7.24. The molecule has 0 unspecified atom stereocenters. The predicted octanol–water partition coefficient (Wildman–Crippen LogP) is 3.78. The molecule has 1 heterocycles. The van der Waals surface area contributed by atoms with Gasteiger partial charge in [-0.3, -0.25) is 9.78 Å². The molecule has 7 nitrogen and oxygen atoms in total. The van der Waals surface area contributed by atoms with E-state index >= 15 is 0 Å². The van der Waals surface area contributed by atoms with Crippen LogP contribution in [0.5, 0.6) is 5.75 Å². The number of nitrogens with two attached hydrogens (primary N) is 1. The third-order valence-corrected chi connectivity index (χ3v) is 4.03. The quantitative estimate of drug-likeness (QED) is 0.693.